The number of amides is 1. The lowest BCUT2D eigenvalue weighted by Gasteiger charge is -2.06. The Kier molecular flexibility index (Phi) is 6.80. The third-order valence-corrected chi connectivity index (χ3v) is 7.03. The summed E-state index contributed by atoms with van der Waals surface area (Å²) >= 11 is 0. The topological polar surface area (TPSA) is 85.8 Å². The first-order valence-electron chi connectivity index (χ1n) is 8.65. The highest BCUT2D eigenvalue weighted by atomic mass is 33.1. The summed E-state index contributed by atoms with van der Waals surface area (Å²) in [5, 5.41) is 11.7. The number of rotatable bonds is 9. The second-order valence-corrected chi connectivity index (χ2v) is 8.74. The molecule has 2 aromatic heterocycles. The van der Waals surface area contributed by atoms with Crippen molar-refractivity contribution in [2.75, 3.05) is 5.75 Å². The van der Waals surface area contributed by atoms with Crippen molar-refractivity contribution in [2.24, 2.45) is 0 Å². The summed E-state index contributed by atoms with van der Waals surface area (Å²) in [4.78, 5) is 16.2. The van der Waals surface area contributed by atoms with Crippen LogP contribution in [0.15, 0.2) is 16.9 Å². The van der Waals surface area contributed by atoms with Crippen LogP contribution in [-0.4, -0.2) is 36.8 Å². The third kappa shape index (κ3) is 5.50. The Morgan fingerprint density at radius 1 is 1.48 bits per heavy atom. The number of aryl methyl sites for hydroxylation is 1. The van der Waals surface area contributed by atoms with Crippen LogP contribution in [0, 0.1) is 0 Å². The Balaban J connectivity index is 1.35. The van der Waals surface area contributed by atoms with E-state index >= 15 is 0 Å². The number of nitrogens with zero attached hydrogens (tertiary/aromatic N) is 4. The fraction of sp³-hybridized carbons (Fsp3) is 0.625. The molecule has 0 unspecified atom stereocenters. The molecular formula is C16H23N5O2S2. The van der Waals surface area contributed by atoms with Crippen LogP contribution in [0.5, 0.6) is 0 Å². The van der Waals surface area contributed by atoms with Crippen LogP contribution in [0.1, 0.15) is 44.9 Å². The normalized spacial score (nSPS) is 17.1. The Hall–Kier alpha value is -1.48. The van der Waals surface area contributed by atoms with E-state index < -0.39 is 0 Å². The van der Waals surface area contributed by atoms with Gasteiger partial charge in [0, 0.05) is 30.2 Å². The van der Waals surface area contributed by atoms with Gasteiger partial charge in [0.2, 0.25) is 17.6 Å². The lowest BCUT2D eigenvalue weighted by molar-refractivity contribution is -0.121. The monoisotopic (exact) mass is 381 g/mol. The highest BCUT2D eigenvalue weighted by Gasteiger charge is 2.16. The Labute approximate surface area is 155 Å². The molecule has 0 aliphatic carbocycles. The average molecular weight is 382 g/mol. The fourth-order valence-electron chi connectivity index (χ4n) is 2.58. The summed E-state index contributed by atoms with van der Waals surface area (Å²) in [7, 11) is 3.96. The first kappa shape index (κ1) is 18.3. The molecule has 1 aliphatic rings. The van der Waals surface area contributed by atoms with Gasteiger partial charge in [-0.3, -0.25) is 9.48 Å². The second kappa shape index (κ2) is 9.28. The Morgan fingerprint density at radius 3 is 3.16 bits per heavy atom. The van der Waals surface area contributed by atoms with Crippen molar-refractivity contribution in [3.05, 3.63) is 18.3 Å². The molecule has 0 aromatic carbocycles. The minimum absolute atomic E-state index is 0.0343. The van der Waals surface area contributed by atoms with Gasteiger partial charge in [0.25, 0.3) is 0 Å². The zero-order chi connectivity index (χ0) is 17.5. The van der Waals surface area contributed by atoms with Crippen LogP contribution in [0.2, 0.25) is 0 Å². The summed E-state index contributed by atoms with van der Waals surface area (Å²) < 4.78 is 6.99. The Morgan fingerprint density at radius 2 is 2.40 bits per heavy atom. The van der Waals surface area contributed by atoms with Gasteiger partial charge in [-0.05, 0) is 26.2 Å². The standard InChI is InChI=1S/C16H23N5O2S2/c1-2-21-11-12(9-18-21)16-19-15(23-20-16)10-17-14(22)6-4-3-5-13-7-8-24-25-13/h9,11,13H,2-8,10H2,1H3,(H,17,22)/t13-/m1/s1. The molecule has 9 heteroatoms. The number of carbonyl (C=O) groups is 1. The zero-order valence-corrected chi connectivity index (χ0v) is 15.9. The van der Waals surface area contributed by atoms with Crippen LogP contribution in [0.4, 0.5) is 0 Å². The fourth-order valence-corrected chi connectivity index (χ4v) is 5.61. The minimum atomic E-state index is 0.0343. The van der Waals surface area contributed by atoms with Crippen molar-refractivity contribution >= 4 is 27.5 Å². The van der Waals surface area contributed by atoms with E-state index in [0.29, 0.717) is 18.1 Å². The van der Waals surface area contributed by atoms with Gasteiger partial charge in [-0.1, -0.05) is 33.2 Å². The van der Waals surface area contributed by atoms with Gasteiger partial charge >= 0.3 is 0 Å². The number of hydrogen-bond acceptors (Lipinski definition) is 7. The van der Waals surface area contributed by atoms with Gasteiger partial charge in [-0.25, -0.2) is 0 Å². The maximum Gasteiger partial charge on any atom is 0.246 e. The molecule has 0 spiro atoms. The minimum Gasteiger partial charge on any atom is -0.347 e. The zero-order valence-electron chi connectivity index (χ0n) is 14.3. The predicted molar refractivity (Wildman–Crippen MR) is 100.0 cm³/mol. The summed E-state index contributed by atoms with van der Waals surface area (Å²) in [6, 6.07) is 0. The predicted octanol–water partition coefficient (Wildman–Crippen LogP) is 3.28. The van der Waals surface area contributed by atoms with E-state index in [-0.39, 0.29) is 12.5 Å². The van der Waals surface area contributed by atoms with Crippen LogP contribution in [0.25, 0.3) is 11.4 Å². The molecule has 0 bridgehead atoms. The van der Waals surface area contributed by atoms with Crippen LogP contribution in [0.3, 0.4) is 0 Å². The second-order valence-electron chi connectivity index (χ2n) is 5.95. The first-order chi connectivity index (χ1) is 12.2. The van der Waals surface area contributed by atoms with Crippen LogP contribution < -0.4 is 5.32 Å². The molecule has 0 radical (unpaired) electrons. The molecule has 7 nitrogen and oxygen atoms in total. The molecule has 1 atom stereocenters. The summed E-state index contributed by atoms with van der Waals surface area (Å²) in [6.45, 7) is 3.07. The number of carbonyl (C=O) groups excluding carboxylic acids is 1. The number of nitrogens with one attached hydrogen (secondary N) is 1. The molecule has 0 saturated carbocycles. The lowest BCUT2D eigenvalue weighted by Crippen LogP contribution is -2.22. The van der Waals surface area contributed by atoms with Crippen LogP contribution in [-0.2, 0) is 17.9 Å². The molecule has 2 aromatic rings. The molecular weight excluding hydrogens is 358 g/mol. The van der Waals surface area contributed by atoms with Crippen molar-refractivity contribution in [3.8, 4) is 11.4 Å². The number of unbranched alkanes of at least 4 members (excludes halogenated alkanes) is 1. The highest BCUT2D eigenvalue weighted by molar-refractivity contribution is 8.77. The largest absolute Gasteiger partial charge is 0.347 e. The summed E-state index contributed by atoms with van der Waals surface area (Å²) in [5.74, 6) is 2.20. The molecule has 1 saturated heterocycles. The van der Waals surface area contributed by atoms with E-state index in [1.807, 2.05) is 34.7 Å². The maximum atomic E-state index is 11.9. The van der Waals surface area contributed by atoms with E-state index in [4.69, 9.17) is 4.52 Å². The molecule has 1 amide bonds. The molecule has 25 heavy (non-hydrogen) atoms. The average Bonchev–Trinajstić information content (AvgIpc) is 3.38. The van der Waals surface area contributed by atoms with Crippen molar-refractivity contribution in [3.63, 3.8) is 0 Å². The van der Waals surface area contributed by atoms with E-state index in [9.17, 15) is 4.79 Å². The summed E-state index contributed by atoms with van der Waals surface area (Å²) in [5.41, 5.74) is 0.811. The van der Waals surface area contributed by atoms with E-state index in [1.54, 1.807) is 10.9 Å². The smallest absolute Gasteiger partial charge is 0.246 e. The number of aromatic nitrogens is 4. The maximum absolute atomic E-state index is 11.9. The lowest BCUT2D eigenvalue weighted by atomic mass is 10.1. The molecule has 1 N–H and O–H groups in total. The third-order valence-electron chi connectivity index (χ3n) is 4.03. The van der Waals surface area contributed by atoms with Gasteiger partial charge in [-0.15, -0.1) is 0 Å². The molecule has 3 rings (SSSR count). The molecule has 1 aliphatic heterocycles. The molecule has 1 fully saturated rings. The number of hydrogen-bond donors (Lipinski definition) is 1. The molecule has 136 valence electrons. The van der Waals surface area contributed by atoms with Crippen molar-refractivity contribution in [1.82, 2.24) is 25.2 Å². The van der Waals surface area contributed by atoms with Crippen molar-refractivity contribution in [1.29, 1.82) is 0 Å². The van der Waals surface area contributed by atoms with Crippen molar-refractivity contribution < 1.29 is 9.32 Å². The van der Waals surface area contributed by atoms with Gasteiger partial charge in [0.15, 0.2) is 0 Å². The quantitative estimate of drug-likeness (QED) is 0.527. The van der Waals surface area contributed by atoms with Gasteiger partial charge < -0.3 is 9.84 Å². The van der Waals surface area contributed by atoms with Gasteiger partial charge in [-0.2, -0.15) is 10.1 Å². The summed E-state index contributed by atoms with van der Waals surface area (Å²) in [6.07, 6.45) is 8.68. The van der Waals surface area contributed by atoms with E-state index in [0.717, 1.165) is 30.2 Å². The highest BCUT2D eigenvalue weighted by Crippen LogP contribution is 2.39. The molecule has 3 heterocycles. The van der Waals surface area contributed by atoms with Gasteiger partial charge in [0.1, 0.15) is 0 Å². The van der Waals surface area contributed by atoms with Crippen molar-refractivity contribution in [2.45, 2.75) is 57.4 Å². The Bertz CT molecular complexity index is 682. The van der Waals surface area contributed by atoms with Gasteiger partial charge in [0.05, 0.1) is 18.3 Å². The first-order valence-corrected chi connectivity index (χ1v) is 11.0. The van der Waals surface area contributed by atoms with E-state index in [1.165, 1.54) is 18.6 Å². The van der Waals surface area contributed by atoms with Crippen LogP contribution >= 0.6 is 21.6 Å². The SMILES string of the molecule is CCn1cc(-c2noc(CNC(=O)CCCC[C@@H]3CCSS3)n2)cn1. The van der Waals surface area contributed by atoms with E-state index in [2.05, 4.69) is 20.6 Å².